The molecule has 5 heteroatoms. The minimum absolute atomic E-state index is 0.685. The number of hydrogen-bond donors (Lipinski definition) is 1. The van der Waals surface area contributed by atoms with Gasteiger partial charge in [-0.25, -0.2) is 4.98 Å². The van der Waals surface area contributed by atoms with Crippen molar-refractivity contribution in [1.82, 2.24) is 9.97 Å². The summed E-state index contributed by atoms with van der Waals surface area (Å²) in [6, 6.07) is 7.63. The molecule has 1 N–H and O–H groups in total. The summed E-state index contributed by atoms with van der Waals surface area (Å²) in [5.41, 5.74) is 3.55. The average Bonchev–Trinajstić information content (AvgIpc) is 3.32. The number of pyridine rings is 2. The molecule has 0 radical (unpaired) electrons. The first kappa shape index (κ1) is 14.9. The van der Waals surface area contributed by atoms with E-state index in [0.717, 1.165) is 33.0 Å². The van der Waals surface area contributed by atoms with E-state index in [4.69, 9.17) is 10.8 Å². The highest BCUT2D eigenvalue weighted by atomic mass is 16.3. The van der Waals surface area contributed by atoms with E-state index in [0.29, 0.717) is 11.6 Å². The molecule has 0 saturated carbocycles. The third-order valence-electron chi connectivity index (χ3n) is 4.01. The van der Waals surface area contributed by atoms with Crippen LogP contribution in [-0.2, 0) is 0 Å². The second-order valence-electron chi connectivity index (χ2n) is 5.42. The average molecular weight is 326 g/mol. The van der Waals surface area contributed by atoms with Crippen molar-refractivity contribution in [3.05, 3.63) is 58.9 Å². The molecule has 0 aromatic carbocycles. The van der Waals surface area contributed by atoms with Gasteiger partial charge < -0.3 is 9.73 Å². The fraction of sp³-hybridized carbons (Fsp3) is 0.0500. The molecular formula is C20H14N4O. The quantitative estimate of drug-likeness (QED) is 0.733. The molecule has 1 aliphatic heterocycles. The number of aliphatic imine (C=N–C) groups is 1. The predicted molar refractivity (Wildman–Crippen MR) is 98.9 cm³/mol. The molecule has 0 spiro atoms. The van der Waals surface area contributed by atoms with Crippen LogP contribution in [0.1, 0.15) is 5.56 Å². The van der Waals surface area contributed by atoms with Crippen molar-refractivity contribution in [2.45, 2.75) is 0 Å². The van der Waals surface area contributed by atoms with Crippen LogP contribution >= 0.6 is 0 Å². The van der Waals surface area contributed by atoms with E-state index in [1.54, 1.807) is 24.7 Å². The van der Waals surface area contributed by atoms with E-state index in [1.165, 1.54) is 0 Å². The summed E-state index contributed by atoms with van der Waals surface area (Å²) in [5, 5.41) is 4.90. The molecule has 0 aliphatic carbocycles. The molecule has 1 aliphatic rings. The molecule has 3 aromatic rings. The maximum atomic E-state index is 5.55. The Balaban J connectivity index is 2.14. The number of fused-ring (bicyclic) bond motifs is 1. The number of terminal acetylenes is 1. The molecule has 0 amide bonds. The second kappa shape index (κ2) is 6.10. The van der Waals surface area contributed by atoms with Crippen LogP contribution < -0.4 is 15.8 Å². The molecular weight excluding hydrogens is 312 g/mol. The lowest BCUT2D eigenvalue weighted by Gasteiger charge is -2.07. The lowest BCUT2D eigenvalue weighted by atomic mass is 10.0. The Labute approximate surface area is 144 Å². The van der Waals surface area contributed by atoms with Crippen molar-refractivity contribution in [3.63, 3.8) is 0 Å². The van der Waals surface area contributed by atoms with Gasteiger partial charge in [-0.15, -0.1) is 6.42 Å². The van der Waals surface area contributed by atoms with Crippen molar-refractivity contribution >= 4 is 29.4 Å². The molecule has 25 heavy (non-hydrogen) atoms. The third-order valence-corrected chi connectivity index (χ3v) is 4.01. The number of aromatic nitrogens is 2. The normalized spacial score (nSPS) is 15.1. The highest BCUT2D eigenvalue weighted by Gasteiger charge is 2.15. The minimum atomic E-state index is 0.685. The summed E-state index contributed by atoms with van der Waals surface area (Å²) in [5.74, 6) is 3.98. The summed E-state index contributed by atoms with van der Waals surface area (Å²) < 4.78 is 5.51. The minimum Gasteiger partial charge on any atom is -0.463 e. The first-order valence-electron chi connectivity index (χ1n) is 7.73. The maximum Gasteiger partial charge on any atom is 0.152 e. The van der Waals surface area contributed by atoms with E-state index in [1.807, 2.05) is 37.5 Å². The van der Waals surface area contributed by atoms with E-state index in [9.17, 15) is 0 Å². The zero-order valence-corrected chi connectivity index (χ0v) is 13.5. The van der Waals surface area contributed by atoms with Crippen molar-refractivity contribution in [1.29, 1.82) is 0 Å². The number of rotatable bonds is 2. The molecule has 0 fully saturated rings. The highest BCUT2D eigenvalue weighted by molar-refractivity contribution is 6.16. The number of nitrogens with zero attached hydrogens (tertiary/aromatic N) is 3. The Morgan fingerprint density at radius 2 is 2.24 bits per heavy atom. The second-order valence-corrected chi connectivity index (χ2v) is 5.42. The zero-order chi connectivity index (χ0) is 17.2. The Bertz CT molecular complexity index is 1140. The molecule has 5 nitrogen and oxygen atoms in total. The summed E-state index contributed by atoms with van der Waals surface area (Å²) in [6.45, 7) is 0. The summed E-state index contributed by atoms with van der Waals surface area (Å²) in [6.07, 6.45) is 14.2. The lowest BCUT2D eigenvalue weighted by Crippen LogP contribution is -2.31. The van der Waals surface area contributed by atoms with Crippen LogP contribution in [-0.4, -0.2) is 23.2 Å². The van der Waals surface area contributed by atoms with E-state index in [-0.39, 0.29) is 0 Å². The van der Waals surface area contributed by atoms with Crippen LogP contribution in [0.15, 0.2) is 52.3 Å². The van der Waals surface area contributed by atoms with Gasteiger partial charge in [0.15, 0.2) is 5.76 Å². The van der Waals surface area contributed by atoms with Gasteiger partial charge in [-0.05, 0) is 35.6 Å². The molecule has 0 bridgehead atoms. The van der Waals surface area contributed by atoms with Gasteiger partial charge in [-0.2, -0.15) is 0 Å². The summed E-state index contributed by atoms with van der Waals surface area (Å²) >= 11 is 0. The molecule has 120 valence electrons. The number of furan rings is 1. The van der Waals surface area contributed by atoms with Crippen molar-refractivity contribution in [2.75, 3.05) is 12.4 Å². The Morgan fingerprint density at radius 3 is 3.00 bits per heavy atom. The lowest BCUT2D eigenvalue weighted by molar-refractivity contribution is 0.580. The Morgan fingerprint density at radius 1 is 1.32 bits per heavy atom. The van der Waals surface area contributed by atoms with Crippen LogP contribution in [0.4, 0.5) is 11.5 Å². The zero-order valence-electron chi connectivity index (χ0n) is 13.5. The van der Waals surface area contributed by atoms with E-state index >= 15 is 0 Å². The van der Waals surface area contributed by atoms with Crippen LogP contribution in [0.3, 0.4) is 0 Å². The molecule has 3 aromatic heterocycles. The third kappa shape index (κ3) is 2.50. The molecule has 4 rings (SSSR count). The van der Waals surface area contributed by atoms with Crippen LogP contribution in [0.5, 0.6) is 0 Å². The van der Waals surface area contributed by atoms with E-state index < -0.39 is 0 Å². The largest absolute Gasteiger partial charge is 0.463 e. The standard InChI is InChI=1S/C20H14N4O/c1-3-5-14-15(16-11-23-18-12-22-8-7-13(16)18)10-17(24-20(14)21-2)19-6-4-9-25-19/h1,4-12H,2H3,(H,21,24). The maximum absolute atomic E-state index is 5.55. The highest BCUT2D eigenvalue weighted by Crippen LogP contribution is 2.28. The topological polar surface area (TPSA) is 63.3 Å². The van der Waals surface area contributed by atoms with Crippen LogP contribution in [0, 0.1) is 12.3 Å². The van der Waals surface area contributed by atoms with Gasteiger partial charge in [0.2, 0.25) is 0 Å². The first-order chi connectivity index (χ1) is 12.3. The Hall–Kier alpha value is -3.65. The van der Waals surface area contributed by atoms with Gasteiger partial charge in [0.25, 0.3) is 0 Å². The monoisotopic (exact) mass is 326 g/mol. The van der Waals surface area contributed by atoms with Gasteiger partial charge in [-0.1, -0.05) is 5.92 Å². The SMILES string of the molecule is C#CC=c1c(NC)nc(-c2ccco2)cc1=C1C=Nc2cnccc21. The number of hydrogen-bond acceptors (Lipinski definition) is 5. The van der Waals surface area contributed by atoms with E-state index in [2.05, 4.69) is 26.2 Å². The Kier molecular flexibility index (Phi) is 3.64. The first-order valence-corrected chi connectivity index (χ1v) is 7.73. The van der Waals surface area contributed by atoms with Gasteiger partial charge in [0.1, 0.15) is 11.5 Å². The smallest absolute Gasteiger partial charge is 0.152 e. The summed E-state index contributed by atoms with van der Waals surface area (Å²) in [4.78, 5) is 13.2. The van der Waals surface area contributed by atoms with Gasteiger partial charge in [0, 0.05) is 35.8 Å². The van der Waals surface area contributed by atoms with Crippen molar-refractivity contribution in [2.24, 2.45) is 4.99 Å². The van der Waals surface area contributed by atoms with Crippen LogP contribution in [0.25, 0.3) is 23.1 Å². The number of anilines is 1. The molecule has 0 atom stereocenters. The summed E-state index contributed by atoms with van der Waals surface area (Å²) in [7, 11) is 1.82. The molecule has 4 heterocycles. The van der Waals surface area contributed by atoms with Crippen LogP contribution in [0.2, 0.25) is 0 Å². The van der Waals surface area contributed by atoms with Gasteiger partial charge in [0.05, 0.1) is 18.1 Å². The molecule has 0 saturated heterocycles. The predicted octanol–water partition coefficient (Wildman–Crippen LogP) is 2.11. The molecule has 0 unspecified atom stereocenters. The fourth-order valence-electron chi connectivity index (χ4n) is 2.88. The fourth-order valence-corrected chi connectivity index (χ4v) is 2.88. The van der Waals surface area contributed by atoms with Crippen molar-refractivity contribution in [3.8, 4) is 23.8 Å². The van der Waals surface area contributed by atoms with Gasteiger partial charge >= 0.3 is 0 Å². The number of nitrogens with one attached hydrogen (secondary N) is 1. The van der Waals surface area contributed by atoms with Crippen molar-refractivity contribution < 1.29 is 4.42 Å². The van der Waals surface area contributed by atoms with Gasteiger partial charge in [-0.3, -0.25) is 9.98 Å².